The van der Waals surface area contributed by atoms with Gasteiger partial charge >= 0.3 is 0 Å². The minimum absolute atomic E-state index is 0.423. The van der Waals surface area contributed by atoms with Crippen LogP contribution in [0.5, 0.6) is 0 Å². The zero-order chi connectivity index (χ0) is 75.5. The molecule has 0 fully saturated rings. The Kier molecular flexibility index (Phi) is 14.3. The molecule has 24 rings (SSSR count). The molecule has 24 aromatic rings. The molecule has 115 heavy (non-hydrogen) atoms. The topological polar surface area (TPSA) is 132 Å². The van der Waals surface area contributed by atoms with Crippen LogP contribution in [0.1, 0.15) is 0 Å². The Labute approximate surface area is 662 Å². The molecule has 0 aliphatic heterocycles. The average molecular weight is 1520 g/mol. The molecule has 17 heteroatoms. The van der Waals surface area contributed by atoms with Crippen LogP contribution < -0.4 is 42.0 Å². The van der Waals surface area contributed by atoms with E-state index in [9.17, 15) is 0 Å². The molecule has 9 heterocycles. The molecule has 0 amide bonds. The van der Waals surface area contributed by atoms with Crippen LogP contribution in [-0.4, -0.2) is 83.1 Å². The van der Waals surface area contributed by atoms with E-state index in [1.165, 1.54) is 25.4 Å². The van der Waals surface area contributed by atoms with E-state index in [2.05, 4.69) is 391 Å². The zero-order valence-electron chi connectivity index (χ0n) is 61.5. The van der Waals surface area contributed by atoms with Crippen LogP contribution in [-0.2, 0) is 0 Å². The minimum atomic E-state index is -3.71. The van der Waals surface area contributed by atoms with Gasteiger partial charge in [-0.05, 0) is 121 Å². The third-order valence-corrected chi connectivity index (χ3v) is 33.9. The van der Waals surface area contributed by atoms with Gasteiger partial charge in [0.15, 0.2) is 0 Å². The molecule has 0 aliphatic carbocycles. The first kappa shape index (κ1) is 64.9. The monoisotopic (exact) mass is 1520 g/mol. The maximum Gasteiger partial charge on any atom is 0.241 e. The summed E-state index contributed by atoms with van der Waals surface area (Å²) in [5, 5.41) is 13.6. The number of imidazole rings is 4. The highest BCUT2D eigenvalue weighted by atomic mass is 32.1. The lowest BCUT2D eigenvalue weighted by atomic mass is 10.0. The van der Waals surface area contributed by atoms with Crippen molar-refractivity contribution in [2.45, 2.75) is 0 Å². The van der Waals surface area contributed by atoms with Crippen LogP contribution >= 0.6 is 11.3 Å². The van der Waals surface area contributed by atoms with Crippen molar-refractivity contribution in [3.05, 3.63) is 376 Å². The number of aromatic nitrogens is 14. The van der Waals surface area contributed by atoms with Crippen molar-refractivity contribution < 1.29 is 0 Å². The van der Waals surface area contributed by atoms with Crippen LogP contribution in [0.25, 0.3) is 154 Å². The summed E-state index contributed by atoms with van der Waals surface area (Å²) >= 11 is 1.85. The molecule has 0 atom stereocenters. The minimum Gasteiger partial charge on any atom is -0.278 e. The standard InChI is InChI=1S/C98H62N14SSi2/c1-5-30-65(31-6-1)114(66-32-7-2-8-33-66,95-105-93(111-85-52-26-24-50-83(85)109-81-48-22-17-43-76(81)99-97(109)111)102-94(106-95)112-86-53-27-25-51-84(86)110-82-49-23-18-44-77(82)100-98(110)112)69-59-56-63(57-60-69)64-58-61-73-72-40-15-21-47-80(72)108(87(73)62-64)92-101-91(107-78-45-19-13-38-70(78)71-39-14-20-46-79(71)107)103-96(104-92)115(67-34-9-3-10-35-67,68-36-11-4-12-37-68)89-55-29-42-75-74-41-16-28-54-88(74)113-90(75)89/h1-62H. The van der Waals surface area contributed by atoms with Crippen molar-refractivity contribution in [3.63, 3.8) is 0 Å². The lowest BCUT2D eigenvalue weighted by Gasteiger charge is -2.33. The summed E-state index contributed by atoms with van der Waals surface area (Å²) in [5.41, 5.74) is 14.7. The summed E-state index contributed by atoms with van der Waals surface area (Å²) in [4.78, 5) is 46.5. The molecule has 14 nitrogen and oxygen atoms in total. The van der Waals surface area contributed by atoms with E-state index >= 15 is 0 Å². The first-order valence-electron chi connectivity index (χ1n) is 38.6. The maximum atomic E-state index is 6.13. The Morgan fingerprint density at radius 2 is 0.565 bits per heavy atom. The molecule has 0 saturated carbocycles. The smallest absolute Gasteiger partial charge is 0.241 e. The fourth-order valence-electron chi connectivity index (χ4n) is 18.5. The fourth-order valence-corrected chi connectivity index (χ4v) is 29.0. The number of thiophene rings is 1. The first-order valence-corrected chi connectivity index (χ1v) is 43.4. The third kappa shape index (κ3) is 9.47. The van der Waals surface area contributed by atoms with Crippen molar-refractivity contribution in [1.82, 2.24) is 66.9 Å². The molecule has 0 N–H and O–H groups in total. The predicted molar refractivity (Wildman–Crippen MR) is 474 cm³/mol. The van der Waals surface area contributed by atoms with Crippen LogP contribution in [0.2, 0.25) is 0 Å². The summed E-state index contributed by atoms with van der Waals surface area (Å²) in [6.07, 6.45) is 0. The molecule has 538 valence electrons. The second kappa shape index (κ2) is 25.3. The summed E-state index contributed by atoms with van der Waals surface area (Å²) in [7, 11) is -7.35. The van der Waals surface area contributed by atoms with E-state index < -0.39 is 16.1 Å². The van der Waals surface area contributed by atoms with Crippen LogP contribution in [0, 0.1) is 0 Å². The van der Waals surface area contributed by atoms with Crippen LogP contribution in [0.15, 0.2) is 376 Å². The zero-order valence-corrected chi connectivity index (χ0v) is 64.3. The molecule has 0 bridgehead atoms. The fraction of sp³-hybridized carbons (Fsp3) is 0. The number of hydrogen-bond acceptors (Lipinski definition) is 9. The quantitative estimate of drug-likeness (QED) is 0.0824. The van der Waals surface area contributed by atoms with Gasteiger partial charge in [-0.2, -0.15) is 9.97 Å². The Morgan fingerprint density at radius 1 is 0.217 bits per heavy atom. The van der Waals surface area contributed by atoms with Gasteiger partial charge in [0.1, 0.15) is 10.9 Å². The number of fused-ring (bicyclic) bond motifs is 19. The molecule has 0 radical (unpaired) electrons. The molecular formula is C98H62N14SSi2. The van der Waals surface area contributed by atoms with Crippen molar-refractivity contribution >= 4 is 189 Å². The Hall–Kier alpha value is -14.9. The molecule has 0 unspecified atom stereocenters. The van der Waals surface area contributed by atoms with Crippen molar-refractivity contribution in [3.8, 4) is 34.9 Å². The number of rotatable bonds is 13. The SMILES string of the molecule is c1ccc([Si](c2ccccc2)(c2ccc(-c3ccc4c5ccccc5n(-c5nc(-n6c7ccccc7c7ccccc76)nc([Si](c6ccccc6)(c6ccccc6)c6cccc7c6sc6ccccc67)n5)c4c3)cc2)c2nc(-n3c4ccccc4n4c5ccccc5nc34)nc(-n3c4ccccc4n4c5ccccc5nc34)n2)cc1. The van der Waals surface area contributed by atoms with Crippen LogP contribution in [0.3, 0.4) is 0 Å². The van der Waals surface area contributed by atoms with Gasteiger partial charge in [-0.1, -0.05) is 297 Å². The first-order chi connectivity index (χ1) is 57.0. The maximum absolute atomic E-state index is 6.13. The van der Waals surface area contributed by atoms with E-state index in [0.29, 0.717) is 46.2 Å². The van der Waals surface area contributed by atoms with Gasteiger partial charge in [0, 0.05) is 41.7 Å². The molecular weight excluding hydrogens is 1460 g/mol. The number of para-hydroxylation sites is 11. The Morgan fingerprint density at radius 3 is 1.05 bits per heavy atom. The van der Waals surface area contributed by atoms with E-state index in [-0.39, 0.29) is 0 Å². The van der Waals surface area contributed by atoms with Gasteiger partial charge < -0.3 is 0 Å². The Bertz CT molecular complexity index is 7770. The summed E-state index contributed by atoms with van der Waals surface area (Å²) in [6, 6.07) is 135. The van der Waals surface area contributed by atoms with E-state index in [4.69, 9.17) is 39.9 Å². The lowest BCUT2D eigenvalue weighted by molar-refractivity contribution is 0.887. The van der Waals surface area contributed by atoms with Crippen LogP contribution in [0.4, 0.5) is 0 Å². The summed E-state index contributed by atoms with van der Waals surface area (Å²) in [5.74, 6) is 3.25. The second-order valence-electron chi connectivity index (χ2n) is 29.4. The average Bonchev–Trinajstić information content (AvgIpc) is 1.54. The largest absolute Gasteiger partial charge is 0.278 e. The van der Waals surface area contributed by atoms with Gasteiger partial charge in [0.05, 0.1) is 66.2 Å². The summed E-state index contributed by atoms with van der Waals surface area (Å²) in [6.45, 7) is 0. The van der Waals surface area contributed by atoms with E-state index in [1.54, 1.807) is 0 Å². The highest BCUT2D eigenvalue weighted by molar-refractivity contribution is 7.30. The molecule has 0 spiro atoms. The van der Waals surface area contributed by atoms with Gasteiger partial charge in [-0.3, -0.25) is 17.9 Å². The predicted octanol–water partition coefficient (Wildman–Crippen LogP) is 16.5. The van der Waals surface area contributed by atoms with Crippen molar-refractivity contribution in [2.75, 3.05) is 0 Å². The van der Waals surface area contributed by atoms with Gasteiger partial charge in [-0.15, -0.1) is 11.3 Å². The number of hydrogen-bond donors (Lipinski definition) is 0. The third-order valence-electron chi connectivity index (χ3n) is 23.4. The highest BCUT2D eigenvalue weighted by Crippen LogP contribution is 2.39. The lowest BCUT2D eigenvalue weighted by Crippen LogP contribution is -2.76. The van der Waals surface area contributed by atoms with Gasteiger partial charge in [0.2, 0.25) is 51.5 Å². The second-order valence-corrected chi connectivity index (χ2v) is 37.8. The molecule has 9 aromatic heterocycles. The normalized spacial score (nSPS) is 12.3. The van der Waals surface area contributed by atoms with Gasteiger partial charge in [-0.25, -0.2) is 39.0 Å². The van der Waals surface area contributed by atoms with E-state index in [0.717, 1.165) is 125 Å². The number of nitrogens with zero attached hydrogens (tertiary/aromatic N) is 14. The number of benzene rings is 15. The Balaban J connectivity index is 0.751. The highest BCUT2D eigenvalue weighted by Gasteiger charge is 2.49. The van der Waals surface area contributed by atoms with E-state index in [1.807, 2.05) is 23.5 Å². The molecule has 15 aromatic carbocycles. The molecule has 0 aliphatic rings. The van der Waals surface area contributed by atoms with Crippen molar-refractivity contribution in [1.29, 1.82) is 0 Å². The molecule has 0 saturated heterocycles. The summed E-state index contributed by atoms with van der Waals surface area (Å²) < 4.78 is 15.7. The van der Waals surface area contributed by atoms with Crippen molar-refractivity contribution in [2.24, 2.45) is 0 Å². The van der Waals surface area contributed by atoms with Gasteiger partial charge in [0.25, 0.3) is 0 Å².